The predicted octanol–water partition coefficient (Wildman–Crippen LogP) is 2.53. The third-order valence-electron chi connectivity index (χ3n) is 1.40. The van der Waals surface area contributed by atoms with E-state index in [0.29, 0.717) is 6.54 Å². The van der Waals surface area contributed by atoms with Gasteiger partial charge in [-0.15, -0.1) is 0 Å². The van der Waals surface area contributed by atoms with Crippen LogP contribution in [0.15, 0.2) is 18.2 Å². The van der Waals surface area contributed by atoms with E-state index < -0.39 is 11.9 Å². The number of aromatic nitrogens is 1. The van der Waals surface area contributed by atoms with Gasteiger partial charge in [-0.3, -0.25) is 0 Å². The first-order valence-corrected chi connectivity index (χ1v) is 3.82. The number of hydrogen-bond acceptors (Lipinski definition) is 2. The summed E-state index contributed by atoms with van der Waals surface area (Å²) in [4.78, 5) is 3.40. The molecule has 0 aliphatic rings. The first-order valence-electron chi connectivity index (χ1n) is 3.82. The molecule has 0 spiro atoms. The van der Waals surface area contributed by atoms with Crippen LogP contribution in [0.5, 0.6) is 0 Å². The molecule has 1 aromatic heterocycles. The van der Waals surface area contributed by atoms with E-state index in [4.69, 9.17) is 0 Å². The zero-order chi connectivity index (χ0) is 9.90. The smallest absolute Gasteiger partial charge is 0.370 e. The fraction of sp³-hybridized carbons (Fsp3) is 0.375. The molecule has 0 unspecified atom stereocenters. The van der Waals surface area contributed by atoms with Crippen molar-refractivity contribution >= 4 is 5.82 Å². The van der Waals surface area contributed by atoms with Crippen molar-refractivity contribution in [1.29, 1.82) is 0 Å². The van der Waals surface area contributed by atoms with Crippen LogP contribution in [-0.2, 0) is 6.18 Å². The first kappa shape index (κ1) is 9.83. The average Bonchev–Trinajstić information content (AvgIpc) is 2.04. The highest BCUT2D eigenvalue weighted by Crippen LogP contribution is 2.27. The van der Waals surface area contributed by atoms with E-state index in [1.807, 2.05) is 0 Å². The lowest BCUT2D eigenvalue weighted by Gasteiger charge is -2.07. The highest BCUT2D eigenvalue weighted by atomic mass is 19.4. The molecule has 5 heteroatoms. The number of nitrogens with one attached hydrogen (secondary N) is 1. The normalized spacial score (nSPS) is 11.4. The van der Waals surface area contributed by atoms with Crippen molar-refractivity contribution in [2.75, 3.05) is 11.9 Å². The molecular weight excluding hydrogens is 181 g/mol. The summed E-state index contributed by atoms with van der Waals surface area (Å²) in [6.07, 6.45) is -4.37. The summed E-state index contributed by atoms with van der Waals surface area (Å²) >= 11 is 0. The van der Waals surface area contributed by atoms with Gasteiger partial charge in [-0.2, -0.15) is 13.2 Å². The van der Waals surface area contributed by atoms with Gasteiger partial charge in [-0.05, 0) is 19.1 Å². The zero-order valence-electron chi connectivity index (χ0n) is 7.02. The SMILES string of the molecule is CCNc1cccc(C(F)(F)F)n1. The van der Waals surface area contributed by atoms with Crippen LogP contribution in [0, 0.1) is 0 Å². The Kier molecular flexibility index (Phi) is 2.75. The number of nitrogens with zero attached hydrogens (tertiary/aromatic N) is 1. The van der Waals surface area contributed by atoms with Crippen molar-refractivity contribution in [2.24, 2.45) is 0 Å². The molecule has 0 amide bonds. The van der Waals surface area contributed by atoms with E-state index in [1.165, 1.54) is 12.1 Å². The van der Waals surface area contributed by atoms with Gasteiger partial charge < -0.3 is 5.32 Å². The summed E-state index contributed by atoms with van der Waals surface area (Å²) in [6.45, 7) is 2.34. The molecule has 1 N–H and O–H groups in total. The molecule has 1 aromatic rings. The topological polar surface area (TPSA) is 24.9 Å². The van der Waals surface area contributed by atoms with Gasteiger partial charge in [0.25, 0.3) is 0 Å². The molecule has 0 aliphatic carbocycles. The highest BCUT2D eigenvalue weighted by Gasteiger charge is 2.32. The fourth-order valence-electron chi connectivity index (χ4n) is 0.872. The van der Waals surface area contributed by atoms with Gasteiger partial charge in [0.05, 0.1) is 0 Å². The van der Waals surface area contributed by atoms with Crippen molar-refractivity contribution in [2.45, 2.75) is 13.1 Å². The van der Waals surface area contributed by atoms with Crippen LogP contribution in [0.3, 0.4) is 0 Å². The molecule has 0 bridgehead atoms. The Bertz CT molecular complexity index is 283. The maximum atomic E-state index is 12.1. The molecule has 72 valence electrons. The Hall–Kier alpha value is -1.26. The molecule has 1 heterocycles. The van der Waals surface area contributed by atoms with Crippen LogP contribution < -0.4 is 5.32 Å². The Morgan fingerprint density at radius 3 is 2.62 bits per heavy atom. The minimum Gasteiger partial charge on any atom is -0.370 e. The maximum Gasteiger partial charge on any atom is 0.433 e. The number of hydrogen-bond donors (Lipinski definition) is 1. The number of halogens is 3. The Morgan fingerprint density at radius 1 is 1.38 bits per heavy atom. The van der Waals surface area contributed by atoms with E-state index in [-0.39, 0.29) is 5.82 Å². The fourth-order valence-corrected chi connectivity index (χ4v) is 0.872. The molecule has 2 nitrogen and oxygen atoms in total. The van der Waals surface area contributed by atoms with E-state index in [2.05, 4.69) is 10.3 Å². The van der Waals surface area contributed by atoms with E-state index in [9.17, 15) is 13.2 Å². The molecular formula is C8H9F3N2. The molecule has 0 radical (unpaired) electrons. The molecule has 13 heavy (non-hydrogen) atoms. The molecule has 0 aliphatic heterocycles. The molecule has 0 saturated carbocycles. The van der Waals surface area contributed by atoms with Crippen molar-refractivity contribution in [1.82, 2.24) is 4.98 Å². The molecule has 0 saturated heterocycles. The van der Waals surface area contributed by atoms with Crippen LogP contribution >= 0.6 is 0 Å². The zero-order valence-corrected chi connectivity index (χ0v) is 7.02. The van der Waals surface area contributed by atoms with Crippen molar-refractivity contribution in [3.8, 4) is 0 Å². The number of anilines is 1. The number of rotatable bonds is 2. The van der Waals surface area contributed by atoms with Gasteiger partial charge in [-0.25, -0.2) is 4.98 Å². The minimum absolute atomic E-state index is 0.248. The third-order valence-corrected chi connectivity index (χ3v) is 1.40. The average molecular weight is 190 g/mol. The second-order valence-electron chi connectivity index (χ2n) is 2.44. The Balaban J connectivity index is 2.92. The monoisotopic (exact) mass is 190 g/mol. The van der Waals surface area contributed by atoms with Gasteiger partial charge in [0.15, 0.2) is 0 Å². The standard InChI is InChI=1S/C8H9F3N2/c1-2-12-7-5-3-4-6(13-7)8(9,10)11/h3-5H,2H2,1H3,(H,12,13). The predicted molar refractivity (Wildman–Crippen MR) is 43.4 cm³/mol. The van der Waals surface area contributed by atoms with Gasteiger partial charge in [0.2, 0.25) is 0 Å². The van der Waals surface area contributed by atoms with E-state index >= 15 is 0 Å². The van der Waals surface area contributed by atoms with Crippen molar-refractivity contribution < 1.29 is 13.2 Å². The van der Waals surface area contributed by atoms with Crippen LogP contribution in [0.2, 0.25) is 0 Å². The van der Waals surface area contributed by atoms with Crippen LogP contribution in [-0.4, -0.2) is 11.5 Å². The lowest BCUT2D eigenvalue weighted by atomic mass is 10.3. The summed E-state index contributed by atoms with van der Waals surface area (Å²) < 4.78 is 36.4. The molecule has 0 fully saturated rings. The van der Waals surface area contributed by atoms with Crippen LogP contribution in [0.1, 0.15) is 12.6 Å². The summed E-state index contributed by atoms with van der Waals surface area (Å²) in [5, 5.41) is 2.71. The summed E-state index contributed by atoms with van der Waals surface area (Å²) in [5.74, 6) is 0.248. The van der Waals surface area contributed by atoms with Gasteiger partial charge in [0, 0.05) is 6.54 Å². The largest absolute Gasteiger partial charge is 0.433 e. The van der Waals surface area contributed by atoms with Gasteiger partial charge in [-0.1, -0.05) is 6.07 Å². The first-order chi connectivity index (χ1) is 6.04. The lowest BCUT2D eigenvalue weighted by Crippen LogP contribution is -2.09. The Morgan fingerprint density at radius 2 is 2.08 bits per heavy atom. The number of alkyl halides is 3. The van der Waals surface area contributed by atoms with Crippen LogP contribution in [0.4, 0.5) is 19.0 Å². The highest BCUT2D eigenvalue weighted by molar-refractivity contribution is 5.35. The summed E-state index contributed by atoms with van der Waals surface area (Å²) in [7, 11) is 0. The Labute approximate surface area is 73.8 Å². The van der Waals surface area contributed by atoms with Gasteiger partial charge >= 0.3 is 6.18 Å². The lowest BCUT2D eigenvalue weighted by molar-refractivity contribution is -0.141. The second-order valence-corrected chi connectivity index (χ2v) is 2.44. The second kappa shape index (κ2) is 3.64. The number of pyridine rings is 1. The van der Waals surface area contributed by atoms with E-state index in [1.54, 1.807) is 6.92 Å². The van der Waals surface area contributed by atoms with E-state index in [0.717, 1.165) is 6.07 Å². The molecule has 0 aromatic carbocycles. The third kappa shape index (κ3) is 2.61. The van der Waals surface area contributed by atoms with Crippen LogP contribution in [0.25, 0.3) is 0 Å². The van der Waals surface area contributed by atoms with Crippen molar-refractivity contribution in [3.05, 3.63) is 23.9 Å². The van der Waals surface area contributed by atoms with Gasteiger partial charge in [0.1, 0.15) is 11.5 Å². The van der Waals surface area contributed by atoms with Crippen molar-refractivity contribution in [3.63, 3.8) is 0 Å². The summed E-state index contributed by atoms with van der Waals surface area (Å²) in [5.41, 5.74) is -0.869. The maximum absolute atomic E-state index is 12.1. The quantitative estimate of drug-likeness (QED) is 0.775. The molecule has 0 atom stereocenters. The minimum atomic E-state index is -4.37. The summed E-state index contributed by atoms with van der Waals surface area (Å²) in [6, 6.07) is 3.77. The molecule has 1 rings (SSSR count).